The molecule has 0 bridgehead atoms. The minimum absolute atomic E-state index is 0.343. The first-order valence-corrected chi connectivity index (χ1v) is 5.82. The van der Waals surface area contributed by atoms with E-state index >= 15 is 0 Å². The topological polar surface area (TPSA) is 3.24 Å². The van der Waals surface area contributed by atoms with Crippen molar-refractivity contribution in [3.8, 4) is 0 Å². The lowest BCUT2D eigenvalue weighted by Gasteiger charge is -2.37. The molecule has 0 aromatic rings. The van der Waals surface area contributed by atoms with Gasteiger partial charge in [0.2, 0.25) is 0 Å². The fourth-order valence-corrected chi connectivity index (χ4v) is 1.48. The van der Waals surface area contributed by atoms with Crippen LogP contribution >= 0.6 is 0 Å². The Labute approximate surface area is 90.2 Å². The van der Waals surface area contributed by atoms with Gasteiger partial charge in [-0.2, -0.15) is 0 Å². The Hall–Kier alpha value is -0.300. The second-order valence-corrected chi connectivity index (χ2v) is 5.14. The van der Waals surface area contributed by atoms with Crippen molar-refractivity contribution in [2.24, 2.45) is 0 Å². The molecule has 84 valence electrons. The molecule has 1 aliphatic rings. The van der Waals surface area contributed by atoms with Crippen LogP contribution in [0.3, 0.4) is 0 Å². The van der Waals surface area contributed by atoms with Crippen LogP contribution in [0.2, 0.25) is 0 Å². The Morgan fingerprint density at radius 3 is 2.07 bits per heavy atom. The van der Waals surface area contributed by atoms with E-state index in [4.69, 9.17) is 0 Å². The molecule has 1 aliphatic heterocycles. The van der Waals surface area contributed by atoms with Crippen LogP contribution in [0.1, 0.15) is 54.4 Å². The highest BCUT2D eigenvalue weighted by molar-refractivity contribution is 5.06. The van der Waals surface area contributed by atoms with Crippen molar-refractivity contribution in [3.05, 3.63) is 11.6 Å². The van der Waals surface area contributed by atoms with E-state index in [9.17, 15) is 0 Å². The molecule has 0 atom stereocenters. The fourth-order valence-electron chi connectivity index (χ4n) is 1.48. The largest absolute Gasteiger partial charge is 0.294 e. The zero-order valence-corrected chi connectivity index (χ0v) is 10.9. The van der Waals surface area contributed by atoms with Crippen LogP contribution < -0.4 is 0 Å². The average molecular weight is 197 g/mol. The lowest BCUT2D eigenvalue weighted by Crippen LogP contribution is -2.44. The van der Waals surface area contributed by atoms with Gasteiger partial charge in [0.05, 0.1) is 0 Å². The van der Waals surface area contributed by atoms with Gasteiger partial charge in [-0.3, -0.25) is 4.90 Å². The summed E-state index contributed by atoms with van der Waals surface area (Å²) in [7, 11) is 0. The molecule has 1 heteroatoms. The SMILES string of the molecule is CC1=CCCN(C(C)(C)C)C1.CCC. The van der Waals surface area contributed by atoms with Crippen LogP contribution in [0, 0.1) is 0 Å². The van der Waals surface area contributed by atoms with Gasteiger partial charge in [-0.1, -0.05) is 31.9 Å². The molecular formula is C13H27N. The van der Waals surface area contributed by atoms with Gasteiger partial charge in [-0.05, 0) is 34.1 Å². The summed E-state index contributed by atoms with van der Waals surface area (Å²) in [5.74, 6) is 0. The number of hydrogen-bond acceptors (Lipinski definition) is 1. The lowest BCUT2D eigenvalue weighted by atomic mass is 10.0. The minimum Gasteiger partial charge on any atom is -0.294 e. The van der Waals surface area contributed by atoms with Gasteiger partial charge in [0.15, 0.2) is 0 Å². The average Bonchev–Trinajstić information content (AvgIpc) is 2.04. The van der Waals surface area contributed by atoms with Gasteiger partial charge < -0.3 is 0 Å². The summed E-state index contributed by atoms with van der Waals surface area (Å²) in [6.45, 7) is 15.7. The van der Waals surface area contributed by atoms with E-state index in [1.54, 1.807) is 0 Å². The highest BCUT2D eigenvalue weighted by atomic mass is 15.2. The maximum Gasteiger partial charge on any atom is 0.0195 e. The first-order valence-electron chi connectivity index (χ1n) is 5.82. The zero-order chi connectivity index (χ0) is 11.2. The summed E-state index contributed by atoms with van der Waals surface area (Å²) in [6.07, 6.45) is 4.82. The third kappa shape index (κ3) is 5.43. The van der Waals surface area contributed by atoms with Crippen LogP contribution in [0.15, 0.2) is 11.6 Å². The van der Waals surface area contributed by atoms with Crippen molar-refractivity contribution in [1.29, 1.82) is 0 Å². The second-order valence-electron chi connectivity index (χ2n) is 5.14. The molecule has 0 spiro atoms. The van der Waals surface area contributed by atoms with Crippen molar-refractivity contribution in [3.63, 3.8) is 0 Å². The monoisotopic (exact) mass is 197 g/mol. The van der Waals surface area contributed by atoms with E-state index in [1.165, 1.54) is 25.0 Å². The smallest absolute Gasteiger partial charge is 0.0195 e. The molecule has 0 saturated carbocycles. The van der Waals surface area contributed by atoms with Crippen molar-refractivity contribution in [2.75, 3.05) is 13.1 Å². The van der Waals surface area contributed by atoms with E-state index in [1.807, 2.05) is 0 Å². The summed E-state index contributed by atoms with van der Waals surface area (Å²) in [5, 5.41) is 0. The lowest BCUT2D eigenvalue weighted by molar-refractivity contribution is 0.146. The number of hydrogen-bond donors (Lipinski definition) is 0. The van der Waals surface area contributed by atoms with E-state index in [2.05, 4.69) is 52.5 Å². The summed E-state index contributed by atoms with van der Waals surface area (Å²) >= 11 is 0. The third-order valence-corrected chi connectivity index (χ3v) is 2.28. The molecule has 0 unspecified atom stereocenters. The zero-order valence-electron chi connectivity index (χ0n) is 10.9. The Morgan fingerprint density at radius 1 is 1.29 bits per heavy atom. The van der Waals surface area contributed by atoms with Crippen LogP contribution in [0.25, 0.3) is 0 Å². The molecule has 1 heterocycles. The highest BCUT2D eigenvalue weighted by Crippen LogP contribution is 2.19. The first-order chi connectivity index (χ1) is 6.41. The molecule has 0 aromatic carbocycles. The normalized spacial score (nSPS) is 18.3. The number of nitrogens with zero attached hydrogens (tertiary/aromatic N) is 1. The first kappa shape index (κ1) is 13.7. The second kappa shape index (κ2) is 6.23. The summed E-state index contributed by atoms with van der Waals surface area (Å²) in [4.78, 5) is 2.53. The molecule has 1 nitrogen and oxygen atoms in total. The van der Waals surface area contributed by atoms with E-state index in [0.29, 0.717) is 5.54 Å². The highest BCUT2D eigenvalue weighted by Gasteiger charge is 2.22. The molecule has 0 N–H and O–H groups in total. The van der Waals surface area contributed by atoms with Crippen molar-refractivity contribution >= 4 is 0 Å². The van der Waals surface area contributed by atoms with E-state index < -0.39 is 0 Å². The van der Waals surface area contributed by atoms with Crippen molar-refractivity contribution in [1.82, 2.24) is 4.90 Å². The summed E-state index contributed by atoms with van der Waals surface area (Å²) in [6, 6.07) is 0. The third-order valence-electron chi connectivity index (χ3n) is 2.28. The molecule has 14 heavy (non-hydrogen) atoms. The summed E-state index contributed by atoms with van der Waals surface area (Å²) < 4.78 is 0. The van der Waals surface area contributed by atoms with E-state index in [-0.39, 0.29) is 0 Å². The Balaban J connectivity index is 0.000000500. The van der Waals surface area contributed by atoms with Crippen LogP contribution in [-0.4, -0.2) is 23.5 Å². The van der Waals surface area contributed by atoms with Gasteiger partial charge in [0, 0.05) is 18.6 Å². The van der Waals surface area contributed by atoms with Crippen LogP contribution in [0.5, 0.6) is 0 Å². The van der Waals surface area contributed by atoms with Crippen LogP contribution in [-0.2, 0) is 0 Å². The predicted octanol–water partition coefficient (Wildman–Crippen LogP) is 3.85. The standard InChI is InChI=1S/C10H19N.C3H8/c1-9-6-5-7-11(8-9)10(2,3)4;1-3-2/h6H,5,7-8H2,1-4H3;3H2,1-2H3. The van der Waals surface area contributed by atoms with Gasteiger partial charge in [-0.15, -0.1) is 0 Å². The molecule has 0 amide bonds. The van der Waals surface area contributed by atoms with Gasteiger partial charge in [0.25, 0.3) is 0 Å². The fraction of sp³-hybridized carbons (Fsp3) is 0.846. The molecular weight excluding hydrogens is 170 g/mol. The Morgan fingerprint density at radius 2 is 1.79 bits per heavy atom. The van der Waals surface area contributed by atoms with E-state index in [0.717, 1.165) is 6.54 Å². The molecule has 1 rings (SSSR count). The van der Waals surface area contributed by atoms with Crippen LogP contribution in [0.4, 0.5) is 0 Å². The predicted molar refractivity (Wildman–Crippen MR) is 65.7 cm³/mol. The molecule has 0 aliphatic carbocycles. The summed E-state index contributed by atoms with van der Waals surface area (Å²) in [5.41, 5.74) is 1.86. The maximum atomic E-state index is 2.53. The van der Waals surface area contributed by atoms with Crippen molar-refractivity contribution in [2.45, 2.75) is 59.9 Å². The Bertz CT molecular complexity index is 174. The maximum absolute atomic E-state index is 2.53. The molecule has 0 saturated heterocycles. The van der Waals surface area contributed by atoms with Crippen molar-refractivity contribution < 1.29 is 0 Å². The Kier molecular flexibility index (Phi) is 6.10. The van der Waals surface area contributed by atoms with Gasteiger partial charge in [-0.25, -0.2) is 0 Å². The molecule has 0 aromatic heterocycles. The number of rotatable bonds is 0. The molecule has 0 fully saturated rings. The van der Waals surface area contributed by atoms with Gasteiger partial charge >= 0.3 is 0 Å². The van der Waals surface area contributed by atoms with Gasteiger partial charge in [0.1, 0.15) is 0 Å². The minimum atomic E-state index is 0.343. The molecule has 0 radical (unpaired) electrons. The quantitative estimate of drug-likeness (QED) is 0.533.